The first kappa shape index (κ1) is 23.3. The summed E-state index contributed by atoms with van der Waals surface area (Å²) >= 11 is 0. The summed E-state index contributed by atoms with van der Waals surface area (Å²) in [5.74, 6) is 1.31. The van der Waals surface area contributed by atoms with E-state index in [0.29, 0.717) is 5.92 Å². The lowest BCUT2D eigenvalue weighted by molar-refractivity contribution is 0.213. The molecule has 0 spiro atoms. The molecule has 1 fully saturated rings. The Morgan fingerprint density at radius 2 is 1.94 bits per heavy atom. The molecule has 0 amide bonds. The fourth-order valence-corrected chi connectivity index (χ4v) is 4.77. The topological polar surface area (TPSA) is 36.7 Å². The van der Waals surface area contributed by atoms with E-state index in [9.17, 15) is 5.26 Å². The molecule has 1 saturated carbocycles. The first-order valence-electron chi connectivity index (χ1n) is 12.2. The van der Waals surface area contributed by atoms with Crippen LogP contribution in [0.2, 0.25) is 0 Å². The second-order valence-corrected chi connectivity index (χ2v) is 9.57. The summed E-state index contributed by atoms with van der Waals surface area (Å²) in [7, 11) is 0. The SMILES string of the molecule is C=CCCCc1ccc(-c2ccc(C3CCC(C#N)(CC[C@@H](C)CC)CC3)cc2)nc1. The number of pyridine rings is 1. The van der Waals surface area contributed by atoms with Crippen molar-refractivity contribution < 1.29 is 0 Å². The highest BCUT2D eigenvalue weighted by atomic mass is 14.7. The predicted molar refractivity (Wildman–Crippen MR) is 131 cm³/mol. The van der Waals surface area contributed by atoms with Gasteiger partial charge < -0.3 is 0 Å². The number of hydrogen-bond donors (Lipinski definition) is 0. The van der Waals surface area contributed by atoms with Gasteiger partial charge >= 0.3 is 0 Å². The molecule has 0 bridgehead atoms. The van der Waals surface area contributed by atoms with Gasteiger partial charge in [-0.1, -0.05) is 56.7 Å². The van der Waals surface area contributed by atoms with Crippen molar-refractivity contribution in [2.45, 2.75) is 84.0 Å². The normalized spacial score (nSPS) is 21.9. The molecule has 164 valence electrons. The minimum Gasteiger partial charge on any atom is -0.256 e. The molecule has 0 saturated heterocycles. The maximum absolute atomic E-state index is 9.86. The molecule has 0 N–H and O–H groups in total. The van der Waals surface area contributed by atoms with Gasteiger partial charge in [-0.3, -0.25) is 4.98 Å². The number of nitriles is 1. The van der Waals surface area contributed by atoms with E-state index in [4.69, 9.17) is 0 Å². The number of hydrogen-bond acceptors (Lipinski definition) is 2. The molecular formula is C29H38N2. The van der Waals surface area contributed by atoms with Crippen LogP contribution in [0.1, 0.15) is 88.7 Å². The van der Waals surface area contributed by atoms with Gasteiger partial charge in [-0.05, 0) is 86.8 Å². The van der Waals surface area contributed by atoms with Crippen molar-refractivity contribution in [1.29, 1.82) is 5.26 Å². The zero-order chi connectivity index (χ0) is 22.1. The Bertz CT molecular complexity index is 849. The molecule has 2 nitrogen and oxygen atoms in total. The standard InChI is InChI=1S/C29H38N2/c1-4-6-7-8-24-9-14-28(31-21-24)27-12-10-25(11-13-27)26-16-19-29(22-30,20-17-26)18-15-23(3)5-2/h4,9-14,21,23,26H,1,5-8,15-20H2,2-3H3/t23-,26?,29?/m0/s1. The summed E-state index contributed by atoms with van der Waals surface area (Å²) in [5, 5.41) is 9.86. The maximum atomic E-state index is 9.86. The van der Waals surface area contributed by atoms with Gasteiger partial charge in [-0.15, -0.1) is 6.58 Å². The fourth-order valence-electron chi connectivity index (χ4n) is 4.77. The Balaban J connectivity index is 1.57. The van der Waals surface area contributed by atoms with Crippen molar-refractivity contribution in [2.75, 3.05) is 0 Å². The van der Waals surface area contributed by atoms with Crippen molar-refractivity contribution in [2.24, 2.45) is 11.3 Å². The van der Waals surface area contributed by atoms with E-state index in [1.807, 2.05) is 12.3 Å². The third-order valence-corrected chi connectivity index (χ3v) is 7.37. The summed E-state index contributed by atoms with van der Waals surface area (Å²) in [6.07, 6.45) is 15.0. The average Bonchev–Trinajstić information content (AvgIpc) is 2.83. The third-order valence-electron chi connectivity index (χ3n) is 7.37. The van der Waals surface area contributed by atoms with Crippen LogP contribution in [0.5, 0.6) is 0 Å². The predicted octanol–water partition coefficient (Wildman–Crippen LogP) is 8.25. The maximum Gasteiger partial charge on any atom is 0.0702 e. The second-order valence-electron chi connectivity index (χ2n) is 9.57. The van der Waals surface area contributed by atoms with Crippen molar-refractivity contribution in [3.8, 4) is 17.3 Å². The molecule has 31 heavy (non-hydrogen) atoms. The molecule has 0 aliphatic heterocycles. The van der Waals surface area contributed by atoms with Crippen LogP contribution >= 0.6 is 0 Å². The van der Waals surface area contributed by atoms with E-state index in [0.717, 1.165) is 63.0 Å². The Morgan fingerprint density at radius 3 is 2.52 bits per heavy atom. The number of benzene rings is 1. The zero-order valence-corrected chi connectivity index (χ0v) is 19.4. The van der Waals surface area contributed by atoms with Gasteiger partial charge in [0.05, 0.1) is 17.2 Å². The molecule has 2 aromatic rings. The molecule has 0 unspecified atom stereocenters. The Hall–Kier alpha value is -2.40. The smallest absolute Gasteiger partial charge is 0.0702 e. The zero-order valence-electron chi connectivity index (χ0n) is 19.4. The minimum absolute atomic E-state index is 0.0861. The van der Waals surface area contributed by atoms with Gasteiger partial charge in [0.15, 0.2) is 0 Å². The van der Waals surface area contributed by atoms with Crippen LogP contribution in [-0.4, -0.2) is 4.98 Å². The molecule has 1 heterocycles. The van der Waals surface area contributed by atoms with Crippen LogP contribution in [0.25, 0.3) is 11.3 Å². The third kappa shape index (κ3) is 6.30. The highest BCUT2D eigenvalue weighted by Crippen LogP contribution is 2.46. The van der Waals surface area contributed by atoms with Crippen LogP contribution in [0, 0.1) is 22.7 Å². The Morgan fingerprint density at radius 1 is 1.19 bits per heavy atom. The summed E-state index contributed by atoms with van der Waals surface area (Å²) in [4.78, 5) is 4.68. The molecule has 1 aliphatic rings. The van der Waals surface area contributed by atoms with Crippen LogP contribution < -0.4 is 0 Å². The number of aromatic nitrogens is 1. The Labute approximate surface area is 189 Å². The van der Waals surface area contributed by atoms with Gasteiger partial charge in [0.1, 0.15) is 0 Å². The number of allylic oxidation sites excluding steroid dienone is 1. The second kappa shape index (κ2) is 11.3. The van der Waals surface area contributed by atoms with Crippen LogP contribution in [-0.2, 0) is 6.42 Å². The first-order chi connectivity index (χ1) is 15.1. The van der Waals surface area contributed by atoms with E-state index in [1.54, 1.807) is 0 Å². The van der Waals surface area contributed by atoms with E-state index >= 15 is 0 Å². The molecule has 1 aromatic carbocycles. The molecule has 2 heteroatoms. The Kier molecular flexibility index (Phi) is 8.47. The van der Waals surface area contributed by atoms with E-state index in [-0.39, 0.29) is 5.41 Å². The van der Waals surface area contributed by atoms with Gasteiger partial charge in [-0.2, -0.15) is 5.26 Å². The average molecular weight is 415 g/mol. The van der Waals surface area contributed by atoms with E-state index in [2.05, 4.69) is 67.9 Å². The highest BCUT2D eigenvalue weighted by molar-refractivity contribution is 5.59. The fraction of sp³-hybridized carbons (Fsp3) is 0.517. The first-order valence-corrected chi connectivity index (χ1v) is 12.2. The van der Waals surface area contributed by atoms with Crippen molar-refractivity contribution in [1.82, 2.24) is 4.98 Å². The summed E-state index contributed by atoms with van der Waals surface area (Å²) in [6.45, 7) is 8.34. The quantitative estimate of drug-likeness (QED) is 0.290. The number of unbranched alkanes of at least 4 members (excludes halogenated alkanes) is 1. The van der Waals surface area contributed by atoms with Crippen molar-refractivity contribution in [3.63, 3.8) is 0 Å². The van der Waals surface area contributed by atoms with E-state index < -0.39 is 0 Å². The summed E-state index contributed by atoms with van der Waals surface area (Å²) < 4.78 is 0. The number of nitrogens with zero attached hydrogens (tertiary/aromatic N) is 2. The van der Waals surface area contributed by atoms with E-state index in [1.165, 1.54) is 29.5 Å². The monoisotopic (exact) mass is 414 g/mol. The highest BCUT2D eigenvalue weighted by Gasteiger charge is 2.35. The van der Waals surface area contributed by atoms with Crippen LogP contribution in [0.4, 0.5) is 0 Å². The van der Waals surface area contributed by atoms with Crippen molar-refractivity contribution >= 4 is 0 Å². The summed E-state index contributed by atoms with van der Waals surface area (Å²) in [6, 6.07) is 16.0. The molecule has 1 atom stereocenters. The van der Waals surface area contributed by atoms with Gasteiger partial charge in [-0.25, -0.2) is 0 Å². The van der Waals surface area contributed by atoms with Crippen LogP contribution in [0.3, 0.4) is 0 Å². The molecule has 1 aromatic heterocycles. The van der Waals surface area contributed by atoms with Crippen molar-refractivity contribution in [3.05, 3.63) is 66.4 Å². The van der Waals surface area contributed by atoms with Crippen LogP contribution in [0.15, 0.2) is 55.3 Å². The molecular weight excluding hydrogens is 376 g/mol. The summed E-state index contributed by atoms with van der Waals surface area (Å²) in [5.41, 5.74) is 4.84. The lowest BCUT2D eigenvalue weighted by atomic mass is 9.67. The minimum atomic E-state index is -0.0861. The lowest BCUT2D eigenvalue weighted by Crippen LogP contribution is -2.26. The number of rotatable bonds is 10. The van der Waals surface area contributed by atoms with Gasteiger partial charge in [0.2, 0.25) is 0 Å². The molecule has 1 aliphatic carbocycles. The molecule has 3 rings (SSSR count). The van der Waals surface area contributed by atoms with Gasteiger partial charge in [0.25, 0.3) is 0 Å². The molecule has 0 radical (unpaired) electrons. The lowest BCUT2D eigenvalue weighted by Gasteiger charge is -2.36. The largest absolute Gasteiger partial charge is 0.256 e. The number of aryl methyl sites for hydroxylation is 1. The van der Waals surface area contributed by atoms with Gasteiger partial charge in [0, 0.05) is 11.8 Å².